The largest absolute Gasteiger partial charge is 0.508 e. The molecule has 24 heavy (non-hydrogen) atoms. The summed E-state index contributed by atoms with van der Waals surface area (Å²) in [5.74, 6) is -0.129. The summed E-state index contributed by atoms with van der Waals surface area (Å²) in [6.45, 7) is 0. The Morgan fingerprint density at radius 1 is 1.12 bits per heavy atom. The van der Waals surface area contributed by atoms with Crippen molar-refractivity contribution in [3.63, 3.8) is 0 Å². The molecule has 0 atom stereocenters. The molecule has 0 spiro atoms. The number of nitrogens with two attached hydrogens (primary N) is 1. The molecule has 120 valence electrons. The van der Waals surface area contributed by atoms with E-state index in [9.17, 15) is 9.90 Å². The Morgan fingerprint density at radius 3 is 2.58 bits per heavy atom. The van der Waals surface area contributed by atoms with Crippen molar-refractivity contribution in [1.29, 1.82) is 0 Å². The number of hydrogen-bond acceptors (Lipinski definition) is 6. The third-order valence-electron chi connectivity index (χ3n) is 3.13. The van der Waals surface area contributed by atoms with Crippen LogP contribution in [-0.4, -0.2) is 21.0 Å². The highest BCUT2D eigenvalue weighted by Crippen LogP contribution is 2.34. The van der Waals surface area contributed by atoms with Gasteiger partial charge in [0.15, 0.2) is 0 Å². The van der Waals surface area contributed by atoms with Crippen molar-refractivity contribution in [2.24, 2.45) is 0 Å². The van der Waals surface area contributed by atoms with Gasteiger partial charge in [-0.05, 0) is 42.5 Å². The molecule has 0 unspecified atom stereocenters. The first-order valence-electron chi connectivity index (χ1n) is 7.05. The molecule has 0 fully saturated rings. The molecule has 2 aromatic carbocycles. The van der Waals surface area contributed by atoms with Crippen LogP contribution in [0.25, 0.3) is 0 Å². The number of aromatic hydroxyl groups is 1. The number of anilines is 2. The summed E-state index contributed by atoms with van der Waals surface area (Å²) < 4.78 is 0. The second-order valence-corrected chi connectivity index (χ2v) is 6.01. The van der Waals surface area contributed by atoms with Crippen molar-refractivity contribution < 1.29 is 9.90 Å². The number of nitrogens with zero attached hydrogens (tertiary/aromatic N) is 2. The van der Waals surface area contributed by atoms with E-state index in [1.165, 1.54) is 30.4 Å². The molecular formula is C17H14N4O2S. The second kappa shape index (κ2) is 7.01. The van der Waals surface area contributed by atoms with E-state index in [2.05, 4.69) is 15.3 Å². The summed E-state index contributed by atoms with van der Waals surface area (Å²) in [4.78, 5) is 21.7. The Hall–Kier alpha value is -3.06. The Bertz CT molecular complexity index is 854. The second-order valence-electron chi connectivity index (χ2n) is 4.89. The lowest BCUT2D eigenvalue weighted by molar-refractivity contribution is 0.102. The summed E-state index contributed by atoms with van der Waals surface area (Å²) in [6, 6.07) is 12.2. The van der Waals surface area contributed by atoms with Gasteiger partial charge in [-0.3, -0.25) is 9.78 Å². The molecule has 3 rings (SSSR count). The molecule has 0 aliphatic carbocycles. The minimum absolute atomic E-state index is 0.217. The van der Waals surface area contributed by atoms with Crippen LogP contribution in [0, 0.1) is 0 Å². The van der Waals surface area contributed by atoms with Gasteiger partial charge in [0.2, 0.25) is 0 Å². The highest BCUT2D eigenvalue weighted by atomic mass is 32.2. The van der Waals surface area contributed by atoms with Crippen molar-refractivity contribution >= 4 is 29.0 Å². The van der Waals surface area contributed by atoms with Crippen LogP contribution in [0.3, 0.4) is 0 Å². The number of amides is 1. The number of phenolic OH excluding ortho intramolecular Hbond substituents is 1. The zero-order valence-electron chi connectivity index (χ0n) is 12.5. The molecule has 0 aliphatic rings. The average Bonchev–Trinajstić information content (AvgIpc) is 2.60. The molecule has 0 aliphatic heterocycles. The average molecular weight is 338 g/mol. The maximum atomic E-state index is 12.0. The van der Waals surface area contributed by atoms with Gasteiger partial charge >= 0.3 is 0 Å². The summed E-state index contributed by atoms with van der Waals surface area (Å²) in [7, 11) is 0. The van der Waals surface area contributed by atoms with E-state index in [0.29, 0.717) is 11.4 Å². The van der Waals surface area contributed by atoms with Crippen LogP contribution < -0.4 is 11.1 Å². The first kappa shape index (κ1) is 15.8. The van der Waals surface area contributed by atoms with Gasteiger partial charge in [-0.25, -0.2) is 4.98 Å². The number of nitrogen functional groups attached to an aromatic ring is 1. The molecule has 3 aromatic rings. The molecule has 0 saturated heterocycles. The lowest BCUT2D eigenvalue weighted by Crippen LogP contribution is -2.13. The van der Waals surface area contributed by atoms with Gasteiger partial charge in [0.05, 0.1) is 6.20 Å². The maximum Gasteiger partial charge on any atom is 0.275 e. The molecule has 1 amide bonds. The van der Waals surface area contributed by atoms with Crippen molar-refractivity contribution in [3.05, 3.63) is 66.7 Å². The number of benzene rings is 2. The summed E-state index contributed by atoms with van der Waals surface area (Å²) >= 11 is 1.48. The van der Waals surface area contributed by atoms with Crippen molar-refractivity contribution in [2.75, 3.05) is 11.1 Å². The van der Waals surface area contributed by atoms with Gasteiger partial charge in [-0.15, -0.1) is 0 Å². The van der Waals surface area contributed by atoms with E-state index < -0.39 is 0 Å². The van der Waals surface area contributed by atoms with Gasteiger partial charge in [-0.1, -0.05) is 11.8 Å². The Balaban J connectivity index is 1.72. The molecule has 6 nitrogen and oxygen atoms in total. The predicted octanol–water partition coefficient (Wildman–Crippen LogP) is 3.17. The van der Waals surface area contributed by atoms with Crippen molar-refractivity contribution in [1.82, 2.24) is 9.97 Å². The number of aromatic nitrogens is 2. The summed E-state index contributed by atoms with van der Waals surface area (Å²) in [5.41, 5.74) is 7.43. The maximum absolute atomic E-state index is 12.0. The van der Waals surface area contributed by atoms with Gasteiger partial charge < -0.3 is 16.2 Å². The monoisotopic (exact) mass is 338 g/mol. The molecule has 0 bridgehead atoms. The third-order valence-corrected chi connectivity index (χ3v) is 4.23. The first-order chi connectivity index (χ1) is 11.6. The predicted molar refractivity (Wildman–Crippen MR) is 93.1 cm³/mol. The minimum atomic E-state index is -0.346. The SMILES string of the molecule is Nc1cc(NC(=O)c2cnccn2)ccc1Sc1ccc(O)cc1. The first-order valence-corrected chi connectivity index (χ1v) is 7.87. The highest BCUT2D eigenvalue weighted by molar-refractivity contribution is 7.99. The Morgan fingerprint density at radius 2 is 1.92 bits per heavy atom. The molecule has 7 heteroatoms. The van der Waals surface area contributed by atoms with Crippen LogP contribution >= 0.6 is 11.8 Å². The van der Waals surface area contributed by atoms with Crippen LogP contribution in [0.2, 0.25) is 0 Å². The van der Waals surface area contributed by atoms with E-state index in [-0.39, 0.29) is 17.4 Å². The molecule has 0 radical (unpaired) electrons. The van der Waals surface area contributed by atoms with Crippen LogP contribution in [-0.2, 0) is 0 Å². The molecule has 4 N–H and O–H groups in total. The lowest BCUT2D eigenvalue weighted by Gasteiger charge is -2.09. The number of phenols is 1. The van der Waals surface area contributed by atoms with E-state index in [1.54, 1.807) is 24.3 Å². The molecule has 1 aromatic heterocycles. The fraction of sp³-hybridized carbons (Fsp3) is 0. The number of hydrogen-bond donors (Lipinski definition) is 3. The minimum Gasteiger partial charge on any atom is -0.508 e. The number of nitrogens with one attached hydrogen (secondary N) is 1. The quantitative estimate of drug-likeness (QED) is 0.632. The van der Waals surface area contributed by atoms with Crippen LogP contribution in [0.1, 0.15) is 10.5 Å². The van der Waals surface area contributed by atoms with Gasteiger partial charge in [0.25, 0.3) is 5.91 Å². The topological polar surface area (TPSA) is 101 Å². The van der Waals surface area contributed by atoms with Crippen molar-refractivity contribution in [2.45, 2.75) is 9.79 Å². The molecular weight excluding hydrogens is 324 g/mol. The summed E-state index contributed by atoms with van der Waals surface area (Å²) in [5, 5.41) is 12.0. The lowest BCUT2D eigenvalue weighted by atomic mass is 10.2. The smallest absolute Gasteiger partial charge is 0.275 e. The van der Waals surface area contributed by atoms with E-state index >= 15 is 0 Å². The van der Waals surface area contributed by atoms with Crippen LogP contribution in [0.5, 0.6) is 5.75 Å². The standard InChI is InChI=1S/C17H14N4O2S/c18-14-9-11(21-17(23)15-10-19-7-8-20-15)1-6-16(14)24-13-4-2-12(22)3-5-13/h1-10,22H,18H2,(H,21,23). The Kier molecular flexibility index (Phi) is 4.62. The Labute approximate surface area is 142 Å². The van der Waals surface area contributed by atoms with Gasteiger partial charge in [0, 0.05) is 33.6 Å². The van der Waals surface area contributed by atoms with Crippen LogP contribution in [0.15, 0.2) is 70.8 Å². The highest BCUT2D eigenvalue weighted by Gasteiger charge is 2.09. The molecule has 0 saturated carbocycles. The number of rotatable bonds is 4. The van der Waals surface area contributed by atoms with Crippen molar-refractivity contribution in [3.8, 4) is 5.75 Å². The van der Waals surface area contributed by atoms with E-state index in [1.807, 2.05) is 18.2 Å². The number of carbonyl (C=O) groups is 1. The van der Waals surface area contributed by atoms with Gasteiger partial charge in [-0.2, -0.15) is 0 Å². The third kappa shape index (κ3) is 3.82. The zero-order valence-corrected chi connectivity index (χ0v) is 13.3. The van der Waals surface area contributed by atoms with Crippen LogP contribution in [0.4, 0.5) is 11.4 Å². The fourth-order valence-electron chi connectivity index (χ4n) is 1.97. The zero-order chi connectivity index (χ0) is 16.9. The van der Waals surface area contributed by atoms with Gasteiger partial charge in [0.1, 0.15) is 11.4 Å². The van der Waals surface area contributed by atoms with E-state index in [0.717, 1.165) is 9.79 Å². The molecule has 1 heterocycles. The summed E-state index contributed by atoms with van der Waals surface area (Å²) in [6.07, 6.45) is 4.36. The number of carbonyl (C=O) groups excluding carboxylic acids is 1. The normalized spacial score (nSPS) is 10.3. The van der Waals surface area contributed by atoms with E-state index in [4.69, 9.17) is 5.73 Å². The fourth-order valence-corrected chi connectivity index (χ4v) is 2.81.